The van der Waals surface area contributed by atoms with Crippen LogP contribution in [0.1, 0.15) is 0 Å². The third-order valence-electron chi connectivity index (χ3n) is 5.44. The number of aromatic nitrogens is 2. The molecule has 176 valence electrons. The summed E-state index contributed by atoms with van der Waals surface area (Å²) in [6.07, 6.45) is 3.91. The van der Waals surface area contributed by atoms with Gasteiger partial charge in [-0.25, -0.2) is 14.2 Å². The highest BCUT2D eigenvalue weighted by Gasteiger charge is 2.33. The third-order valence-corrected chi connectivity index (χ3v) is 6.30. The predicted octanol–water partition coefficient (Wildman–Crippen LogP) is 2.22. The van der Waals surface area contributed by atoms with Crippen molar-refractivity contribution in [1.82, 2.24) is 19.8 Å². The van der Waals surface area contributed by atoms with Crippen LogP contribution in [-0.2, 0) is 9.53 Å². The molecule has 2 aliphatic heterocycles. The molecule has 2 amide bonds. The monoisotopic (exact) mass is 514 g/mol. The molecule has 0 aliphatic carbocycles. The second kappa shape index (κ2) is 10.1. The maximum absolute atomic E-state index is 15.0. The van der Waals surface area contributed by atoms with Gasteiger partial charge in [-0.2, -0.15) is 0 Å². The normalized spacial score (nSPS) is 18.6. The molecular weight excluding hydrogens is 494 g/mol. The SMILES string of the molecule is O=C(NCC1CN(c2ccc(N3CCN(C(=S)n4ccnc4)CC3)c(F)c2)C(=O)O1)C(Cl)Cl. The molecule has 2 saturated heterocycles. The van der Waals surface area contributed by atoms with Gasteiger partial charge in [-0.05, 0) is 30.4 Å². The molecule has 1 atom stereocenters. The van der Waals surface area contributed by atoms with E-state index in [4.69, 9.17) is 40.2 Å². The summed E-state index contributed by atoms with van der Waals surface area (Å²) < 4.78 is 22.0. The summed E-state index contributed by atoms with van der Waals surface area (Å²) in [6.45, 7) is 2.72. The van der Waals surface area contributed by atoms with Gasteiger partial charge in [0.2, 0.25) is 0 Å². The number of rotatable bonds is 5. The highest BCUT2D eigenvalue weighted by atomic mass is 35.5. The van der Waals surface area contributed by atoms with Crippen molar-refractivity contribution in [2.75, 3.05) is 49.1 Å². The number of carbonyl (C=O) groups is 2. The molecule has 1 unspecified atom stereocenters. The van der Waals surface area contributed by atoms with Crippen LogP contribution in [0.4, 0.5) is 20.6 Å². The number of alkyl halides is 2. The van der Waals surface area contributed by atoms with Crippen molar-refractivity contribution in [3.05, 3.63) is 42.7 Å². The van der Waals surface area contributed by atoms with E-state index in [9.17, 15) is 14.0 Å². The summed E-state index contributed by atoms with van der Waals surface area (Å²) in [5.41, 5.74) is 0.834. The number of hydrogen-bond donors (Lipinski definition) is 1. The van der Waals surface area contributed by atoms with E-state index in [1.807, 2.05) is 4.90 Å². The molecule has 1 aromatic carbocycles. The second-order valence-corrected chi connectivity index (χ2v) is 8.99. The van der Waals surface area contributed by atoms with Crippen LogP contribution in [0, 0.1) is 5.82 Å². The van der Waals surface area contributed by atoms with E-state index in [0.29, 0.717) is 42.7 Å². The number of piperazine rings is 1. The minimum atomic E-state index is -1.21. The molecule has 0 radical (unpaired) electrons. The molecule has 2 fully saturated rings. The molecular formula is C20H21Cl2FN6O3S. The quantitative estimate of drug-likeness (QED) is 0.483. The number of thiocarbonyl (C=S) groups is 1. The lowest BCUT2D eigenvalue weighted by molar-refractivity contribution is -0.119. The van der Waals surface area contributed by atoms with Crippen molar-refractivity contribution in [2.24, 2.45) is 0 Å². The van der Waals surface area contributed by atoms with Crippen molar-refractivity contribution < 1.29 is 18.7 Å². The fraction of sp³-hybridized carbons (Fsp3) is 0.400. The van der Waals surface area contributed by atoms with Crippen LogP contribution in [0.2, 0.25) is 0 Å². The van der Waals surface area contributed by atoms with E-state index >= 15 is 0 Å². The first-order valence-electron chi connectivity index (χ1n) is 10.2. The van der Waals surface area contributed by atoms with E-state index in [1.54, 1.807) is 35.4 Å². The van der Waals surface area contributed by atoms with E-state index in [2.05, 4.69) is 15.2 Å². The van der Waals surface area contributed by atoms with Gasteiger partial charge in [0.05, 0.1) is 24.5 Å². The number of hydrogen-bond acceptors (Lipinski definition) is 6. The Labute approximate surface area is 205 Å². The number of anilines is 2. The number of halogens is 3. The van der Waals surface area contributed by atoms with Crippen LogP contribution >= 0.6 is 35.4 Å². The zero-order valence-electron chi connectivity index (χ0n) is 17.4. The largest absolute Gasteiger partial charge is 0.442 e. The highest BCUT2D eigenvalue weighted by molar-refractivity contribution is 7.80. The molecule has 2 aliphatic rings. The van der Waals surface area contributed by atoms with Crippen LogP contribution in [0.15, 0.2) is 36.9 Å². The molecule has 4 rings (SSSR count). The Hall–Kier alpha value is -2.63. The number of benzene rings is 1. The Kier molecular flexibility index (Phi) is 7.20. The lowest BCUT2D eigenvalue weighted by atomic mass is 10.2. The molecule has 0 saturated carbocycles. The van der Waals surface area contributed by atoms with Gasteiger partial charge in [-0.1, -0.05) is 23.2 Å². The zero-order valence-corrected chi connectivity index (χ0v) is 19.7. The lowest BCUT2D eigenvalue weighted by Gasteiger charge is -2.37. The lowest BCUT2D eigenvalue weighted by Crippen LogP contribution is -2.50. The molecule has 13 heteroatoms. The van der Waals surface area contributed by atoms with Gasteiger partial charge in [0, 0.05) is 38.6 Å². The smallest absolute Gasteiger partial charge is 0.414 e. The molecule has 9 nitrogen and oxygen atoms in total. The van der Waals surface area contributed by atoms with Crippen molar-refractivity contribution in [3.8, 4) is 0 Å². The second-order valence-electron chi connectivity index (χ2n) is 7.52. The molecule has 3 heterocycles. The molecule has 2 aromatic rings. The van der Waals surface area contributed by atoms with Gasteiger partial charge in [0.25, 0.3) is 5.91 Å². The Balaban J connectivity index is 1.35. The summed E-state index contributed by atoms with van der Waals surface area (Å²) >= 11 is 16.5. The molecule has 1 N–H and O–H groups in total. The average Bonchev–Trinajstić information content (AvgIpc) is 3.47. The maximum atomic E-state index is 15.0. The first-order chi connectivity index (χ1) is 15.8. The fourth-order valence-electron chi connectivity index (χ4n) is 3.72. The van der Waals surface area contributed by atoms with Gasteiger partial charge < -0.3 is 19.9 Å². The zero-order chi connectivity index (χ0) is 23.5. The van der Waals surface area contributed by atoms with E-state index < -0.39 is 28.8 Å². The molecule has 0 spiro atoms. The minimum Gasteiger partial charge on any atom is -0.442 e. The van der Waals surface area contributed by atoms with Gasteiger partial charge >= 0.3 is 6.09 Å². The number of ether oxygens (including phenoxy) is 1. The van der Waals surface area contributed by atoms with Crippen LogP contribution in [0.5, 0.6) is 0 Å². The fourth-order valence-corrected chi connectivity index (χ4v) is 4.17. The van der Waals surface area contributed by atoms with Crippen LogP contribution in [0.3, 0.4) is 0 Å². The van der Waals surface area contributed by atoms with E-state index in [0.717, 1.165) is 0 Å². The topological polar surface area (TPSA) is 82.9 Å². The summed E-state index contributed by atoms with van der Waals surface area (Å²) in [5, 5.41) is 3.16. The summed E-state index contributed by atoms with van der Waals surface area (Å²) in [6, 6.07) is 4.65. The third kappa shape index (κ3) is 5.31. The number of imidazole rings is 1. The van der Waals surface area contributed by atoms with Crippen molar-refractivity contribution >= 4 is 63.9 Å². The van der Waals surface area contributed by atoms with E-state index in [-0.39, 0.29) is 13.1 Å². The minimum absolute atomic E-state index is 0.0583. The van der Waals surface area contributed by atoms with E-state index in [1.165, 1.54) is 11.0 Å². The summed E-state index contributed by atoms with van der Waals surface area (Å²) in [4.78, 5) is 31.9. The highest BCUT2D eigenvalue weighted by Crippen LogP contribution is 2.28. The Morgan fingerprint density at radius 1 is 1.30 bits per heavy atom. The van der Waals surface area contributed by atoms with Gasteiger partial charge in [-0.15, -0.1) is 0 Å². The molecule has 0 bridgehead atoms. The number of amides is 2. The Bertz CT molecular complexity index is 1030. The Morgan fingerprint density at radius 3 is 2.70 bits per heavy atom. The predicted molar refractivity (Wildman–Crippen MR) is 127 cm³/mol. The molecule has 33 heavy (non-hydrogen) atoms. The van der Waals surface area contributed by atoms with Crippen molar-refractivity contribution in [2.45, 2.75) is 10.9 Å². The van der Waals surface area contributed by atoms with Crippen LogP contribution in [-0.4, -0.2) is 81.8 Å². The maximum Gasteiger partial charge on any atom is 0.414 e. The molecule has 1 aromatic heterocycles. The number of nitrogens with one attached hydrogen (secondary N) is 1. The van der Waals surface area contributed by atoms with Crippen molar-refractivity contribution in [3.63, 3.8) is 0 Å². The van der Waals surface area contributed by atoms with Crippen molar-refractivity contribution in [1.29, 1.82) is 0 Å². The number of nitrogens with zero attached hydrogens (tertiary/aromatic N) is 5. The van der Waals surface area contributed by atoms with Gasteiger partial charge in [-0.3, -0.25) is 14.3 Å². The Morgan fingerprint density at radius 2 is 2.06 bits per heavy atom. The van der Waals surface area contributed by atoms with Gasteiger partial charge in [0.15, 0.2) is 9.95 Å². The van der Waals surface area contributed by atoms with Crippen LogP contribution in [0.25, 0.3) is 0 Å². The van der Waals surface area contributed by atoms with Gasteiger partial charge in [0.1, 0.15) is 18.2 Å². The average molecular weight is 515 g/mol. The summed E-state index contributed by atoms with van der Waals surface area (Å²) in [7, 11) is 0. The van der Waals surface area contributed by atoms with Crippen LogP contribution < -0.4 is 15.1 Å². The number of cyclic esters (lactones) is 1. The first-order valence-corrected chi connectivity index (χ1v) is 11.5. The standard InChI is InChI=1S/C20H21Cl2FN6O3S/c21-17(22)18(30)25-10-14-11-29(20(31)32-14)13-1-2-16(15(23)9-13)26-5-7-27(8-6-26)19(33)28-4-3-24-12-28/h1-4,9,12,14,17H,5-8,10-11H2,(H,25,30). The number of carbonyl (C=O) groups excluding carboxylic acids is 2. The summed E-state index contributed by atoms with van der Waals surface area (Å²) in [5.74, 6) is -1.01. The first kappa shape index (κ1) is 23.5.